The van der Waals surface area contributed by atoms with E-state index in [1.807, 2.05) is 37.3 Å². The van der Waals surface area contributed by atoms with Crippen molar-refractivity contribution in [2.75, 3.05) is 31.5 Å². The number of hydrogen-bond donors (Lipinski definition) is 1. The van der Waals surface area contributed by atoms with Gasteiger partial charge in [-0.15, -0.1) is 0 Å². The standard InChI is InChI=1S/C19H20Cl3N3S/c1-13-2-5-16(11-17(13)21)23-19(26)25-8-6-24(7-9-25)12-14-3-4-15(20)10-18(14)22/h2-5,10-11H,6-9,12H2,1H3,(H,23,26). The Labute approximate surface area is 174 Å². The van der Waals surface area contributed by atoms with Crippen LogP contribution < -0.4 is 5.32 Å². The molecular weight excluding hydrogens is 409 g/mol. The second-order valence-electron chi connectivity index (χ2n) is 6.39. The predicted octanol–water partition coefficient (Wildman–Crippen LogP) is 5.47. The highest BCUT2D eigenvalue weighted by Gasteiger charge is 2.20. The largest absolute Gasteiger partial charge is 0.346 e. The number of rotatable bonds is 3. The van der Waals surface area contributed by atoms with Crippen LogP contribution in [0.15, 0.2) is 36.4 Å². The minimum Gasteiger partial charge on any atom is -0.346 e. The summed E-state index contributed by atoms with van der Waals surface area (Å²) in [7, 11) is 0. The molecule has 0 aromatic heterocycles. The van der Waals surface area contributed by atoms with Crippen LogP contribution in [0.2, 0.25) is 15.1 Å². The number of aryl methyl sites for hydroxylation is 1. The van der Waals surface area contributed by atoms with Crippen LogP contribution in [0.5, 0.6) is 0 Å². The first kappa shape index (κ1) is 19.7. The number of halogens is 3. The van der Waals surface area contributed by atoms with Gasteiger partial charge >= 0.3 is 0 Å². The van der Waals surface area contributed by atoms with E-state index in [1.165, 1.54) is 0 Å². The normalized spacial score (nSPS) is 15.2. The van der Waals surface area contributed by atoms with E-state index in [1.54, 1.807) is 6.07 Å². The molecule has 0 bridgehead atoms. The van der Waals surface area contributed by atoms with Crippen molar-refractivity contribution in [2.45, 2.75) is 13.5 Å². The van der Waals surface area contributed by atoms with Crippen molar-refractivity contribution in [1.29, 1.82) is 0 Å². The molecule has 0 saturated carbocycles. The number of benzene rings is 2. The lowest BCUT2D eigenvalue weighted by atomic mass is 10.2. The molecule has 3 nitrogen and oxygen atoms in total. The molecule has 0 radical (unpaired) electrons. The highest BCUT2D eigenvalue weighted by atomic mass is 35.5. The van der Waals surface area contributed by atoms with Gasteiger partial charge in [0.2, 0.25) is 0 Å². The molecule has 2 aromatic rings. The number of anilines is 1. The third kappa shape index (κ3) is 5.02. The van der Waals surface area contributed by atoms with Gasteiger partial charge in [-0.25, -0.2) is 0 Å². The van der Waals surface area contributed by atoms with Gasteiger partial charge in [-0.3, -0.25) is 4.90 Å². The van der Waals surface area contributed by atoms with Crippen LogP contribution in [0.3, 0.4) is 0 Å². The van der Waals surface area contributed by atoms with Crippen LogP contribution >= 0.6 is 47.0 Å². The molecule has 138 valence electrons. The quantitative estimate of drug-likeness (QED) is 0.653. The maximum absolute atomic E-state index is 6.28. The molecule has 1 aliphatic heterocycles. The van der Waals surface area contributed by atoms with Gasteiger partial charge in [0.05, 0.1) is 0 Å². The molecule has 1 heterocycles. The van der Waals surface area contributed by atoms with E-state index in [2.05, 4.69) is 15.1 Å². The van der Waals surface area contributed by atoms with Crippen molar-refractivity contribution >= 4 is 57.8 Å². The summed E-state index contributed by atoms with van der Waals surface area (Å²) in [4.78, 5) is 4.56. The van der Waals surface area contributed by atoms with E-state index < -0.39 is 0 Å². The molecular formula is C19H20Cl3N3S. The van der Waals surface area contributed by atoms with E-state index in [-0.39, 0.29) is 0 Å². The van der Waals surface area contributed by atoms with Crippen molar-refractivity contribution in [3.05, 3.63) is 62.6 Å². The van der Waals surface area contributed by atoms with E-state index in [0.29, 0.717) is 10.0 Å². The number of nitrogens with zero attached hydrogens (tertiary/aromatic N) is 2. The summed E-state index contributed by atoms with van der Waals surface area (Å²) in [5, 5.41) is 6.13. The number of piperazine rings is 1. The van der Waals surface area contributed by atoms with E-state index in [9.17, 15) is 0 Å². The number of thiocarbonyl (C=S) groups is 1. The minimum absolute atomic E-state index is 0.663. The summed E-state index contributed by atoms with van der Waals surface area (Å²) in [6, 6.07) is 11.5. The number of hydrogen-bond acceptors (Lipinski definition) is 2. The zero-order valence-electron chi connectivity index (χ0n) is 14.4. The van der Waals surface area contributed by atoms with E-state index in [0.717, 1.165) is 59.7 Å². The smallest absolute Gasteiger partial charge is 0.173 e. The van der Waals surface area contributed by atoms with Gasteiger partial charge < -0.3 is 10.2 Å². The van der Waals surface area contributed by atoms with Gasteiger partial charge in [0.1, 0.15) is 0 Å². The van der Waals surface area contributed by atoms with Crippen molar-refractivity contribution < 1.29 is 0 Å². The lowest BCUT2D eigenvalue weighted by Gasteiger charge is -2.36. The fourth-order valence-electron chi connectivity index (χ4n) is 2.87. The highest BCUT2D eigenvalue weighted by molar-refractivity contribution is 7.80. The van der Waals surface area contributed by atoms with Gasteiger partial charge in [-0.05, 0) is 54.5 Å². The highest BCUT2D eigenvalue weighted by Crippen LogP contribution is 2.23. The van der Waals surface area contributed by atoms with E-state index in [4.69, 9.17) is 47.0 Å². The second-order valence-corrected chi connectivity index (χ2v) is 8.03. The Hall–Kier alpha value is -1.04. The molecule has 2 aromatic carbocycles. The van der Waals surface area contributed by atoms with Gasteiger partial charge in [0.15, 0.2) is 5.11 Å². The average molecular weight is 429 g/mol. The zero-order valence-corrected chi connectivity index (χ0v) is 17.5. The Morgan fingerprint density at radius 3 is 2.38 bits per heavy atom. The first-order valence-electron chi connectivity index (χ1n) is 8.41. The Kier molecular flexibility index (Phi) is 6.65. The van der Waals surface area contributed by atoms with Gasteiger partial charge in [0.25, 0.3) is 0 Å². The lowest BCUT2D eigenvalue weighted by Crippen LogP contribution is -2.49. The van der Waals surface area contributed by atoms with Crippen molar-refractivity contribution in [2.24, 2.45) is 0 Å². The van der Waals surface area contributed by atoms with Gasteiger partial charge in [-0.1, -0.05) is 46.9 Å². The topological polar surface area (TPSA) is 18.5 Å². The first-order chi connectivity index (χ1) is 12.4. The third-order valence-electron chi connectivity index (χ3n) is 4.49. The molecule has 0 aliphatic carbocycles. The van der Waals surface area contributed by atoms with Crippen LogP contribution in [-0.2, 0) is 6.54 Å². The van der Waals surface area contributed by atoms with Crippen molar-refractivity contribution in [1.82, 2.24) is 9.80 Å². The average Bonchev–Trinajstić information content (AvgIpc) is 2.61. The summed E-state index contributed by atoms with van der Waals surface area (Å²) in [6.45, 7) is 6.40. The molecule has 1 saturated heterocycles. The summed E-state index contributed by atoms with van der Waals surface area (Å²) in [5.41, 5.74) is 3.07. The molecule has 1 N–H and O–H groups in total. The Bertz CT molecular complexity index is 805. The Morgan fingerprint density at radius 1 is 1.00 bits per heavy atom. The number of nitrogens with one attached hydrogen (secondary N) is 1. The summed E-state index contributed by atoms with van der Waals surface area (Å²) in [5.74, 6) is 0. The second kappa shape index (κ2) is 8.77. The van der Waals surface area contributed by atoms with Crippen LogP contribution in [-0.4, -0.2) is 41.1 Å². The summed E-state index contributed by atoms with van der Waals surface area (Å²) >= 11 is 24.0. The predicted molar refractivity (Wildman–Crippen MR) is 116 cm³/mol. The molecule has 1 fully saturated rings. The molecule has 26 heavy (non-hydrogen) atoms. The molecule has 7 heteroatoms. The molecule has 3 rings (SSSR count). The monoisotopic (exact) mass is 427 g/mol. The Morgan fingerprint density at radius 2 is 1.73 bits per heavy atom. The molecule has 0 amide bonds. The SMILES string of the molecule is Cc1ccc(NC(=S)N2CCN(Cc3ccc(Cl)cc3Cl)CC2)cc1Cl. The summed E-state index contributed by atoms with van der Waals surface area (Å²) in [6.07, 6.45) is 0. The van der Waals surface area contributed by atoms with Crippen LogP contribution in [0.4, 0.5) is 5.69 Å². The first-order valence-corrected chi connectivity index (χ1v) is 9.95. The van der Waals surface area contributed by atoms with Crippen molar-refractivity contribution in [3.8, 4) is 0 Å². The van der Waals surface area contributed by atoms with Crippen LogP contribution in [0.25, 0.3) is 0 Å². The van der Waals surface area contributed by atoms with Gasteiger partial charge in [-0.2, -0.15) is 0 Å². The summed E-state index contributed by atoms with van der Waals surface area (Å²) < 4.78 is 0. The maximum Gasteiger partial charge on any atom is 0.173 e. The fourth-order valence-corrected chi connectivity index (χ4v) is 3.82. The molecule has 1 aliphatic rings. The fraction of sp³-hybridized carbons (Fsp3) is 0.316. The Balaban J connectivity index is 1.52. The molecule has 0 atom stereocenters. The van der Waals surface area contributed by atoms with E-state index >= 15 is 0 Å². The van der Waals surface area contributed by atoms with Crippen LogP contribution in [0.1, 0.15) is 11.1 Å². The molecule has 0 unspecified atom stereocenters. The zero-order chi connectivity index (χ0) is 18.7. The lowest BCUT2D eigenvalue weighted by molar-refractivity contribution is 0.177. The van der Waals surface area contributed by atoms with Crippen molar-refractivity contribution in [3.63, 3.8) is 0 Å². The van der Waals surface area contributed by atoms with Crippen LogP contribution in [0, 0.1) is 6.92 Å². The van der Waals surface area contributed by atoms with Gasteiger partial charge in [0, 0.05) is 53.5 Å². The molecule has 0 spiro atoms. The minimum atomic E-state index is 0.663. The third-order valence-corrected chi connectivity index (χ3v) is 5.85. The maximum atomic E-state index is 6.28.